The summed E-state index contributed by atoms with van der Waals surface area (Å²) in [5.74, 6) is 0.624. The van der Waals surface area contributed by atoms with Crippen LogP contribution in [0.5, 0.6) is 0 Å². The maximum absolute atomic E-state index is 13.6. The number of benzene rings is 1. The summed E-state index contributed by atoms with van der Waals surface area (Å²) in [5.41, 5.74) is 5.01. The van der Waals surface area contributed by atoms with Crippen LogP contribution in [0, 0.1) is 6.92 Å². The molecule has 1 atom stereocenters. The number of esters is 1. The van der Waals surface area contributed by atoms with Gasteiger partial charge in [0.1, 0.15) is 5.69 Å². The zero-order valence-electron chi connectivity index (χ0n) is 24.3. The Labute approximate surface area is 247 Å². The van der Waals surface area contributed by atoms with Gasteiger partial charge in [0.15, 0.2) is 17.3 Å². The van der Waals surface area contributed by atoms with Crippen molar-refractivity contribution in [2.45, 2.75) is 38.8 Å². The number of carbonyl (C=O) groups is 2. The van der Waals surface area contributed by atoms with E-state index in [0.717, 1.165) is 30.8 Å². The molecule has 0 spiro atoms. The molecule has 218 valence electrons. The number of pyridine rings is 2. The lowest BCUT2D eigenvalue weighted by Gasteiger charge is -2.26. The smallest absolute Gasteiger partial charge is 0.356 e. The summed E-state index contributed by atoms with van der Waals surface area (Å²) in [4.78, 5) is 38.3. The number of aromatic nitrogens is 7. The van der Waals surface area contributed by atoms with Gasteiger partial charge in [-0.1, -0.05) is 37.3 Å². The molecule has 0 bridgehead atoms. The van der Waals surface area contributed by atoms with Crippen molar-refractivity contribution < 1.29 is 14.3 Å². The Morgan fingerprint density at radius 3 is 2.67 bits per heavy atom. The molecule has 0 unspecified atom stereocenters. The highest BCUT2D eigenvalue weighted by molar-refractivity contribution is 5.91. The first kappa shape index (κ1) is 26.7. The predicted octanol–water partition coefficient (Wildman–Crippen LogP) is 3.30. The molecule has 12 nitrogen and oxygen atoms in total. The Hall–Kier alpha value is -5.13. The molecule has 2 aliphatic heterocycles. The summed E-state index contributed by atoms with van der Waals surface area (Å²) in [7, 11) is 1.31. The first-order chi connectivity index (χ1) is 20.8. The Balaban J connectivity index is 1.10. The molecule has 12 heteroatoms. The van der Waals surface area contributed by atoms with Gasteiger partial charge < -0.3 is 19.1 Å². The monoisotopic (exact) mass is 577 g/mol. The average Bonchev–Trinajstić information content (AvgIpc) is 3.78. The van der Waals surface area contributed by atoms with Crippen molar-refractivity contribution in [2.24, 2.45) is 0 Å². The average molecular weight is 578 g/mol. The molecule has 0 saturated carbocycles. The summed E-state index contributed by atoms with van der Waals surface area (Å²) >= 11 is 0. The van der Waals surface area contributed by atoms with Crippen LogP contribution in [0.25, 0.3) is 17.0 Å². The van der Waals surface area contributed by atoms with Crippen molar-refractivity contribution in [3.63, 3.8) is 0 Å². The van der Waals surface area contributed by atoms with Crippen LogP contribution in [-0.4, -0.2) is 77.9 Å². The second-order valence-corrected chi connectivity index (χ2v) is 11.4. The molecule has 6 heterocycles. The van der Waals surface area contributed by atoms with E-state index >= 15 is 0 Å². The van der Waals surface area contributed by atoms with Crippen LogP contribution in [0.3, 0.4) is 0 Å². The molecule has 0 radical (unpaired) electrons. The molecule has 2 aliphatic rings. The van der Waals surface area contributed by atoms with Gasteiger partial charge in [0, 0.05) is 43.4 Å². The van der Waals surface area contributed by atoms with Crippen molar-refractivity contribution in [1.29, 1.82) is 0 Å². The minimum atomic E-state index is -0.523. The summed E-state index contributed by atoms with van der Waals surface area (Å²) in [6.07, 6.45) is 4.57. The van der Waals surface area contributed by atoms with Crippen molar-refractivity contribution in [2.75, 3.05) is 31.6 Å². The lowest BCUT2D eigenvalue weighted by atomic mass is 9.82. The molecule has 1 aromatic carbocycles. The van der Waals surface area contributed by atoms with E-state index in [4.69, 9.17) is 4.74 Å². The first-order valence-electron chi connectivity index (χ1n) is 14.3. The maximum Gasteiger partial charge on any atom is 0.356 e. The molecular formula is C31H31N9O3. The largest absolute Gasteiger partial charge is 0.464 e. The van der Waals surface area contributed by atoms with E-state index in [1.54, 1.807) is 21.5 Å². The van der Waals surface area contributed by atoms with Gasteiger partial charge in [-0.05, 0) is 42.7 Å². The Morgan fingerprint density at radius 2 is 1.86 bits per heavy atom. The molecule has 1 amide bonds. The van der Waals surface area contributed by atoms with Crippen molar-refractivity contribution in [1.82, 2.24) is 39.2 Å². The van der Waals surface area contributed by atoms with Crippen LogP contribution < -0.4 is 4.90 Å². The van der Waals surface area contributed by atoms with E-state index < -0.39 is 5.97 Å². The van der Waals surface area contributed by atoms with Crippen LogP contribution in [0.1, 0.15) is 51.4 Å². The van der Waals surface area contributed by atoms with Crippen molar-refractivity contribution in [3.8, 4) is 11.4 Å². The number of anilines is 1. The predicted molar refractivity (Wildman–Crippen MR) is 158 cm³/mol. The number of carbonyl (C=O) groups excluding carboxylic acids is 2. The molecule has 4 aromatic heterocycles. The summed E-state index contributed by atoms with van der Waals surface area (Å²) in [6.45, 7) is 7.37. The summed E-state index contributed by atoms with van der Waals surface area (Å²) in [5, 5.41) is 13.3. The molecule has 0 N–H and O–H groups in total. The molecule has 1 fully saturated rings. The lowest BCUT2D eigenvalue weighted by molar-refractivity contribution is 0.0593. The van der Waals surface area contributed by atoms with Gasteiger partial charge in [0.05, 0.1) is 25.5 Å². The standard InChI is InChI=1S/C31H31N9O3/c1-20-15-23(38-12-10-31(2,19-38)22-7-5-4-6-8-22)17-40-27(20)33-26(36-40)29(41)37-13-14-39-25(18-37)34-35-28(39)21-9-11-32-24(16-21)30(42)43-3/h4-9,11,15-17H,10,12-14,18-19H2,1-3H3/t31-/m0/s1. The zero-order valence-corrected chi connectivity index (χ0v) is 24.3. The van der Waals surface area contributed by atoms with E-state index in [9.17, 15) is 9.59 Å². The van der Waals surface area contributed by atoms with Crippen molar-refractivity contribution >= 4 is 23.2 Å². The molecular weight excluding hydrogens is 546 g/mol. The van der Waals surface area contributed by atoms with Crippen LogP contribution in [0.4, 0.5) is 5.69 Å². The Morgan fingerprint density at radius 1 is 1.02 bits per heavy atom. The number of aryl methyl sites for hydroxylation is 1. The molecule has 43 heavy (non-hydrogen) atoms. The fraction of sp³-hybridized carbons (Fsp3) is 0.323. The number of amides is 1. The van der Waals surface area contributed by atoms with E-state index in [2.05, 4.69) is 73.5 Å². The third-order valence-corrected chi connectivity index (χ3v) is 8.56. The maximum atomic E-state index is 13.6. The van der Waals surface area contributed by atoms with Crippen LogP contribution >= 0.6 is 0 Å². The highest BCUT2D eigenvalue weighted by Gasteiger charge is 2.36. The zero-order chi connectivity index (χ0) is 29.7. The third-order valence-electron chi connectivity index (χ3n) is 8.56. The number of methoxy groups -OCH3 is 1. The van der Waals surface area contributed by atoms with Gasteiger partial charge in [-0.25, -0.2) is 19.3 Å². The second-order valence-electron chi connectivity index (χ2n) is 11.4. The highest BCUT2D eigenvalue weighted by atomic mass is 16.5. The number of nitrogens with zero attached hydrogens (tertiary/aromatic N) is 9. The molecule has 0 aliphatic carbocycles. The van der Waals surface area contributed by atoms with Gasteiger partial charge in [-0.2, -0.15) is 0 Å². The Kier molecular flexibility index (Phi) is 6.41. The molecule has 7 rings (SSSR count). The summed E-state index contributed by atoms with van der Waals surface area (Å²) < 4.78 is 8.46. The van der Waals surface area contributed by atoms with E-state index in [0.29, 0.717) is 35.9 Å². The van der Waals surface area contributed by atoms with Crippen LogP contribution in [0.15, 0.2) is 60.9 Å². The number of hydrogen-bond donors (Lipinski definition) is 0. The van der Waals surface area contributed by atoms with Gasteiger partial charge in [-0.15, -0.1) is 15.3 Å². The fourth-order valence-electron chi connectivity index (χ4n) is 6.12. The summed E-state index contributed by atoms with van der Waals surface area (Å²) in [6, 6.07) is 16.2. The van der Waals surface area contributed by atoms with Gasteiger partial charge in [0.25, 0.3) is 5.91 Å². The fourth-order valence-corrected chi connectivity index (χ4v) is 6.12. The number of ether oxygens (including phenoxy) is 1. The van der Waals surface area contributed by atoms with Crippen LogP contribution in [-0.2, 0) is 23.2 Å². The van der Waals surface area contributed by atoms with E-state index in [1.807, 2.05) is 17.7 Å². The van der Waals surface area contributed by atoms with E-state index in [1.165, 1.54) is 18.9 Å². The minimum Gasteiger partial charge on any atom is -0.464 e. The second kappa shape index (κ2) is 10.3. The number of fused-ring (bicyclic) bond motifs is 2. The first-order valence-corrected chi connectivity index (χ1v) is 14.3. The lowest BCUT2D eigenvalue weighted by Crippen LogP contribution is -2.39. The molecule has 5 aromatic rings. The number of rotatable bonds is 5. The SMILES string of the molecule is COC(=O)c1cc(-c2nnc3n2CCN(C(=O)c2nc4c(C)cc(N5CC[C@](C)(c6ccccc6)C5)cn4n2)C3)ccn1. The Bertz CT molecular complexity index is 1870. The van der Waals surface area contributed by atoms with Gasteiger partial charge in [-0.3, -0.25) is 4.79 Å². The minimum absolute atomic E-state index is 0.0728. The topological polar surface area (TPSA) is 124 Å². The van der Waals surface area contributed by atoms with Crippen molar-refractivity contribution in [3.05, 3.63) is 89.4 Å². The van der Waals surface area contributed by atoms with Gasteiger partial charge in [0.2, 0.25) is 5.82 Å². The third kappa shape index (κ3) is 4.68. The van der Waals surface area contributed by atoms with Gasteiger partial charge >= 0.3 is 5.97 Å². The highest BCUT2D eigenvalue weighted by Crippen LogP contribution is 2.36. The van der Waals surface area contributed by atoms with E-state index in [-0.39, 0.29) is 29.4 Å². The quantitative estimate of drug-likeness (QED) is 0.290. The van der Waals surface area contributed by atoms with Crippen LogP contribution in [0.2, 0.25) is 0 Å². The number of hydrogen-bond acceptors (Lipinski definition) is 9. The normalized spacial score (nSPS) is 18.2. The molecule has 1 saturated heterocycles.